The number of carbonyl (C=O) groups is 1. The largest absolute Gasteiger partial charge is 0.484 e. The number of aryl methyl sites for hydroxylation is 1. The maximum Gasteiger partial charge on any atom is 0.258 e. The smallest absolute Gasteiger partial charge is 0.258 e. The summed E-state index contributed by atoms with van der Waals surface area (Å²) in [6.45, 7) is 6.65. The first kappa shape index (κ1) is 19.3. The molecule has 0 aliphatic heterocycles. The van der Waals surface area contributed by atoms with Crippen molar-refractivity contribution >= 4 is 5.91 Å². The fraction of sp³-hybridized carbons (Fsp3) is 0.333. The fourth-order valence-corrected chi connectivity index (χ4v) is 2.06. The second kappa shape index (κ2) is 10.1. The first-order valence-corrected chi connectivity index (χ1v) is 8.55. The number of rotatable bonds is 7. The number of nitrogens with one attached hydrogen (secondary N) is 1. The van der Waals surface area contributed by atoms with Gasteiger partial charge in [0.1, 0.15) is 18.1 Å². The van der Waals surface area contributed by atoms with E-state index >= 15 is 0 Å². The van der Waals surface area contributed by atoms with Crippen molar-refractivity contribution in [1.82, 2.24) is 10.3 Å². The van der Waals surface area contributed by atoms with Crippen LogP contribution in [0.5, 0.6) is 11.5 Å². The third-order valence-corrected chi connectivity index (χ3v) is 3.61. The minimum absolute atomic E-state index is 0.0335. The number of amides is 1. The minimum atomic E-state index is -0.212. The zero-order valence-electron chi connectivity index (χ0n) is 15.4. The van der Waals surface area contributed by atoms with E-state index in [2.05, 4.69) is 36.0 Å². The normalized spacial score (nSPS) is 10.0. The summed E-state index contributed by atoms with van der Waals surface area (Å²) in [6, 6.07) is 11.5. The first-order valence-electron chi connectivity index (χ1n) is 8.55. The Hall–Kier alpha value is -3.00. The van der Waals surface area contributed by atoms with Crippen molar-refractivity contribution in [2.75, 3.05) is 19.8 Å². The Morgan fingerprint density at radius 3 is 2.46 bits per heavy atom. The third-order valence-electron chi connectivity index (χ3n) is 3.61. The summed E-state index contributed by atoms with van der Waals surface area (Å²) >= 11 is 0. The van der Waals surface area contributed by atoms with Crippen molar-refractivity contribution in [3.63, 3.8) is 0 Å². The van der Waals surface area contributed by atoms with Crippen LogP contribution >= 0.6 is 0 Å². The molecule has 1 N–H and O–H groups in total. The van der Waals surface area contributed by atoms with Gasteiger partial charge in [-0.15, -0.1) is 0 Å². The quantitative estimate of drug-likeness (QED) is 0.778. The number of carbonyl (C=O) groups excluding carboxylic acids is 1. The molecule has 0 fully saturated rings. The first-order chi connectivity index (χ1) is 12.5. The summed E-state index contributed by atoms with van der Waals surface area (Å²) in [6.07, 6.45) is 1.66. The van der Waals surface area contributed by atoms with E-state index in [0.29, 0.717) is 17.4 Å². The molecule has 5 heteroatoms. The molecule has 0 spiro atoms. The number of pyridine rings is 1. The number of hydrogen-bond acceptors (Lipinski definition) is 4. The van der Waals surface area contributed by atoms with Gasteiger partial charge in [-0.2, -0.15) is 0 Å². The molecule has 0 atom stereocenters. The van der Waals surface area contributed by atoms with Crippen molar-refractivity contribution in [1.29, 1.82) is 0 Å². The van der Waals surface area contributed by atoms with Gasteiger partial charge in [0.25, 0.3) is 5.91 Å². The highest BCUT2D eigenvalue weighted by Crippen LogP contribution is 2.18. The Bertz CT molecular complexity index is 757. The lowest BCUT2D eigenvalue weighted by atomic mass is 10.0. The Labute approximate surface area is 154 Å². The zero-order chi connectivity index (χ0) is 18.8. The Morgan fingerprint density at radius 1 is 1.08 bits per heavy atom. The number of aromatic nitrogens is 1. The van der Waals surface area contributed by atoms with Gasteiger partial charge in [-0.25, -0.2) is 0 Å². The molecule has 0 radical (unpaired) electrons. The lowest BCUT2D eigenvalue weighted by Gasteiger charge is -2.08. The van der Waals surface area contributed by atoms with E-state index < -0.39 is 0 Å². The monoisotopic (exact) mass is 352 g/mol. The fourth-order valence-electron chi connectivity index (χ4n) is 2.06. The maximum atomic E-state index is 11.7. The molecule has 1 aromatic carbocycles. The second-order valence-electron chi connectivity index (χ2n) is 6.07. The molecule has 0 bridgehead atoms. The molecular formula is C21H24N2O3. The number of ether oxygens (including phenoxy) is 2. The molecule has 0 saturated heterocycles. The Morgan fingerprint density at radius 2 is 1.81 bits per heavy atom. The number of benzene rings is 1. The second-order valence-corrected chi connectivity index (χ2v) is 6.07. The van der Waals surface area contributed by atoms with Gasteiger partial charge in [0.2, 0.25) is 0 Å². The molecule has 0 aliphatic carbocycles. The third kappa shape index (κ3) is 6.86. The topological polar surface area (TPSA) is 60.5 Å². The summed E-state index contributed by atoms with van der Waals surface area (Å²) in [4.78, 5) is 15.9. The van der Waals surface area contributed by atoms with Gasteiger partial charge in [-0.3, -0.25) is 9.78 Å². The van der Waals surface area contributed by atoms with Crippen LogP contribution in [0.15, 0.2) is 42.6 Å². The van der Waals surface area contributed by atoms with Crippen LogP contribution in [0.1, 0.15) is 31.0 Å². The average Bonchev–Trinajstić information content (AvgIpc) is 2.64. The van der Waals surface area contributed by atoms with E-state index in [1.165, 1.54) is 5.56 Å². The van der Waals surface area contributed by atoms with Crippen LogP contribution in [-0.4, -0.2) is 30.6 Å². The molecule has 0 unspecified atom stereocenters. The molecule has 26 heavy (non-hydrogen) atoms. The lowest BCUT2D eigenvalue weighted by molar-refractivity contribution is -0.122. The van der Waals surface area contributed by atoms with E-state index in [4.69, 9.17) is 9.47 Å². The van der Waals surface area contributed by atoms with Crippen molar-refractivity contribution < 1.29 is 14.3 Å². The Balaban J connectivity index is 1.62. The van der Waals surface area contributed by atoms with E-state index in [1.54, 1.807) is 6.20 Å². The van der Waals surface area contributed by atoms with E-state index in [9.17, 15) is 4.79 Å². The highest BCUT2D eigenvalue weighted by molar-refractivity contribution is 5.77. The molecule has 1 heterocycles. The van der Waals surface area contributed by atoms with Gasteiger partial charge in [0, 0.05) is 5.69 Å². The maximum absolute atomic E-state index is 11.7. The molecule has 1 aromatic heterocycles. The van der Waals surface area contributed by atoms with Gasteiger partial charge < -0.3 is 14.8 Å². The van der Waals surface area contributed by atoms with Crippen LogP contribution < -0.4 is 14.8 Å². The van der Waals surface area contributed by atoms with Crippen LogP contribution in [0.2, 0.25) is 0 Å². The van der Waals surface area contributed by atoms with E-state index in [0.717, 1.165) is 5.69 Å². The SMILES string of the molecule is Cc1ccc(OCC#CCNC(=O)COc2ccc(C(C)C)cc2)cn1. The molecule has 136 valence electrons. The van der Waals surface area contributed by atoms with Gasteiger partial charge in [0.15, 0.2) is 6.61 Å². The van der Waals surface area contributed by atoms with Crippen LogP contribution in [-0.2, 0) is 4.79 Å². The van der Waals surface area contributed by atoms with Crippen molar-refractivity contribution in [2.45, 2.75) is 26.7 Å². The molecule has 1 amide bonds. The Kier molecular flexibility index (Phi) is 7.50. The van der Waals surface area contributed by atoms with Gasteiger partial charge in [-0.05, 0) is 42.7 Å². The van der Waals surface area contributed by atoms with Crippen molar-refractivity contribution in [3.05, 3.63) is 53.9 Å². The molecule has 2 aromatic rings. The van der Waals surface area contributed by atoms with Crippen LogP contribution in [0.4, 0.5) is 0 Å². The van der Waals surface area contributed by atoms with Crippen molar-refractivity contribution in [2.24, 2.45) is 0 Å². The molecule has 2 rings (SSSR count). The van der Waals surface area contributed by atoms with E-state index in [-0.39, 0.29) is 25.7 Å². The highest BCUT2D eigenvalue weighted by Gasteiger charge is 2.03. The summed E-state index contributed by atoms with van der Waals surface area (Å²) < 4.78 is 10.9. The standard InChI is InChI=1S/C21H24N2O3/c1-16(2)18-7-10-19(11-8-18)26-15-21(24)22-12-4-5-13-25-20-9-6-17(3)23-14-20/h6-11,14,16H,12-13,15H2,1-3H3,(H,22,24). The van der Waals surface area contributed by atoms with Crippen LogP contribution in [0.25, 0.3) is 0 Å². The van der Waals surface area contributed by atoms with Crippen molar-refractivity contribution in [3.8, 4) is 23.3 Å². The molecule has 5 nitrogen and oxygen atoms in total. The van der Waals surface area contributed by atoms with E-state index in [1.807, 2.05) is 43.3 Å². The van der Waals surface area contributed by atoms with Crippen LogP contribution in [0.3, 0.4) is 0 Å². The van der Waals surface area contributed by atoms with Crippen LogP contribution in [0, 0.1) is 18.8 Å². The summed E-state index contributed by atoms with van der Waals surface area (Å²) in [5, 5.41) is 2.68. The minimum Gasteiger partial charge on any atom is -0.484 e. The molecule has 0 saturated carbocycles. The summed E-state index contributed by atoms with van der Waals surface area (Å²) in [5.74, 6) is 7.28. The number of hydrogen-bond donors (Lipinski definition) is 1. The van der Waals surface area contributed by atoms with Gasteiger partial charge in [-0.1, -0.05) is 37.8 Å². The van der Waals surface area contributed by atoms with Gasteiger partial charge >= 0.3 is 0 Å². The molecule has 0 aliphatic rings. The predicted molar refractivity (Wildman–Crippen MR) is 101 cm³/mol. The zero-order valence-corrected chi connectivity index (χ0v) is 15.4. The number of nitrogens with zero attached hydrogens (tertiary/aromatic N) is 1. The highest BCUT2D eigenvalue weighted by atomic mass is 16.5. The summed E-state index contributed by atoms with van der Waals surface area (Å²) in [7, 11) is 0. The lowest BCUT2D eigenvalue weighted by Crippen LogP contribution is -2.29. The predicted octanol–water partition coefficient (Wildman–Crippen LogP) is 3.09. The average molecular weight is 352 g/mol. The van der Waals surface area contributed by atoms with Gasteiger partial charge in [0.05, 0.1) is 12.7 Å². The molecular weight excluding hydrogens is 328 g/mol. The summed E-state index contributed by atoms with van der Waals surface area (Å²) in [5.41, 5.74) is 2.17.